The second-order valence-electron chi connectivity index (χ2n) is 20.9. The van der Waals surface area contributed by atoms with Crippen molar-refractivity contribution in [3.05, 3.63) is 0 Å². The maximum absolute atomic E-state index is 8.24. The van der Waals surface area contributed by atoms with Gasteiger partial charge in [0.2, 0.25) is 0 Å². The SMILES string of the molecule is CC(C)(C)[Si]1(C(C)(C)C)O[Si](C(C)(C)C)(C(C)(C)C)O[Si](C(C)(C)C)(C(C)(C)C)O[Si](C(C)(C)C)(C(C)(C)C)O1. The summed E-state index contributed by atoms with van der Waals surface area (Å²) < 4.78 is 33.0. The number of hydrogen-bond donors (Lipinski definition) is 0. The Morgan fingerprint density at radius 3 is 0.325 bits per heavy atom. The van der Waals surface area contributed by atoms with Crippen LogP contribution in [0.25, 0.3) is 0 Å². The van der Waals surface area contributed by atoms with Crippen molar-refractivity contribution in [1.29, 1.82) is 0 Å². The highest BCUT2D eigenvalue weighted by molar-refractivity contribution is 7.00. The summed E-state index contributed by atoms with van der Waals surface area (Å²) in [5, 5.41) is -1.84. The third-order valence-electron chi connectivity index (χ3n) is 9.05. The summed E-state index contributed by atoms with van der Waals surface area (Å²) in [7, 11) is -12.7. The van der Waals surface area contributed by atoms with Crippen molar-refractivity contribution in [2.45, 2.75) is 206 Å². The van der Waals surface area contributed by atoms with Gasteiger partial charge in [-0.25, -0.2) is 0 Å². The van der Waals surface area contributed by atoms with Gasteiger partial charge in [-0.15, -0.1) is 0 Å². The Morgan fingerprint density at radius 1 is 0.200 bits per heavy atom. The van der Waals surface area contributed by atoms with Crippen LogP contribution in [0.5, 0.6) is 0 Å². The standard InChI is InChI=1S/C32H72O4Si4/c1-25(2,3)37(26(4,5)6)33-38(27(7,8)9,28(10,11)12)35-40(31(19,20)21,32(22,23)24)36-39(34-37,29(13,14)15)30(16,17)18/h1-24H3. The molecule has 1 heterocycles. The normalized spacial score (nSPS) is 23.4. The fourth-order valence-corrected chi connectivity index (χ4v) is 45.1. The monoisotopic (exact) mass is 632 g/mol. The zero-order chi connectivity index (χ0) is 32.8. The van der Waals surface area contributed by atoms with Gasteiger partial charge in [0.1, 0.15) is 0 Å². The van der Waals surface area contributed by atoms with Gasteiger partial charge < -0.3 is 16.5 Å². The summed E-state index contributed by atoms with van der Waals surface area (Å²) in [5.74, 6) is 0. The van der Waals surface area contributed by atoms with Crippen LogP contribution in [0, 0.1) is 0 Å². The van der Waals surface area contributed by atoms with Gasteiger partial charge in [0.05, 0.1) is 0 Å². The van der Waals surface area contributed by atoms with Gasteiger partial charge in [-0.3, -0.25) is 0 Å². The van der Waals surface area contributed by atoms with Crippen molar-refractivity contribution in [2.75, 3.05) is 0 Å². The maximum Gasteiger partial charge on any atom is 0.331 e. The van der Waals surface area contributed by atoms with Crippen LogP contribution in [0.1, 0.15) is 166 Å². The molecule has 1 rings (SSSR count). The molecule has 0 aromatic carbocycles. The van der Waals surface area contributed by atoms with Crippen LogP contribution in [0.2, 0.25) is 40.3 Å². The Labute approximate surface area is 256 Å². The zero-order valence-electron chi connectivity index (χ0n) is 31.6. The minimum absolute atomic E-state index is 0.230. The number of rotatable bonds is 0. The van der Waals surface area contributed by atoms with Crippen LogP contribution < -0.4 is 0 Å². The molecule has 0 radical (unpaired) electrons. The van der Waals surface area contributed by atoms with Crippen molar-refractivity contribution in [3.8, 4) is 0 Å². The summed E-state index contributed by atoms with van der Waals surface area (Å²) in [6.45, 7) is 56.3. The highest BCUT2D eigenvalue weighted by Crippen LogP contribution is 2.69. The molecule has 0 bridgehead atoms. The van der Waals surface area contributed by atoms with Crippen molar-refractivity contribution in [1.82, 2.24) is 0 Å². The Bertz CT molecular complexity index is 678. The molecule has 4 nitrogen and oxygen atoms in total. The number of hydrogen-bond acceptors (Lipinski definition) is 4. The Morgan fingerprint density at radius 2 is 0.275 bits per heavy atom. The second-order valence-corrected chi connectivity index (χ2v) is 41.1. The van der Waals surface area contributed by atoms with E-state index in [0.717, 1.165) is 0 Å². The van der Waals surface area contributed by atoms with Crippen molar-refractivity contribution >= 4 is 34.2 Å². The minimum Gasteiger partial charge on any atom is -0.414 e. The molecule has 0 amide bonds. The molecule has 1 aliphatic heterocycles. The first-order valence-corrected chi connectivity index (χ1v) is 22.9. The van der Waals surface area contributed by atoms with Crippen LogP contribution in [-0.4, -0.2) is 34.2 Å². The van der Waals surface area contributed by atoms with Gasteiger partial charge >= 0.3 is 34.2 Å². The van der Waals surface area contributed by atoms with Gasteiger partial charge in [-0.1, -0.05) is 166 Å². The first kappa shape index (κ1) is 38.7. The summed E-state index contributed by atoms with van der Waals surface area (Å²) in [6, 6.07) is 0. The first-order valence-electron chi connectivity index (χ1n) is 15.6. The minimum atomic E-state index is -3.16. The Kier molecular flexibility index (Phi) is 9.79. The first-order chi connectivity index (χ1) is 16.8. The van der Waals surface area contributed by atoms with Gasteiger partial charge in [-0.05, 0) is 0 Å². The predicted octanol–water partition coefficient (Wildman–Crippen LogP) is 12.2. The molecule has 0 atom stereocenters. The maximum atomic E-state index is 8.24. The molecule has 1 saturated heterocycles. The smallest absolute Gasteiger partial charge is 0.331 e. The molecule has 8 heteroatoms. The second kappa shape index (κ2) is 10.1. The third-order valence-corrected chi connectivity index (χ3v) is 34.0. The van der Waals surface area contributed by atoms with E-state index in [1.54, 1.807) is 0 Å². The summed E-state index contributed by atoms with van der Waals surface area (Å²) in [4.78, 5) is 0. The van der Waals surface area contributed by atoms with Crippen LogP contribution >= 0.6 is 0 Å². The average Bonchev–Trinajstić information content (AvgIpc) is 2.52. The van der Waals surface area contributed by atoms with Gasteiger partial charge in [0.15, 0.2) is 0 Å². The van der Waals surface area contributed by atoms with E-state index in [2.05, 4.69) is 166 Å². The van der Waals surface area contributed by atoms with E-state index in [0.29, 0.717) is 0 Å². The predicted molar refractivity (Wildman–Crippen MR) is 185 cm³/mol. The third kappa shape index (κ3) is 5.88. The van der Waals surface area contributed by atoms with E-state index in [1.807, 2.05) is 0 Å². The molecule has 0 unspecified atom stereocenters. The van der Waals surface area contributed by atoms with E-state index in [4.69, 9.17) is 16.5 Å². The molecule has 0 spiro atoms. The van der Waals surface area contributed by atoms with E-state index in [1.165, 1.54) is 0 Å². The highest BCUT2D eigenvalue weighted by Gasteiger charge is 2.79. The summed E-state index contributed by atoms with van der Waals surface area (Å²) in [6.07, 6.45) is 0. The molecule has 1 fully saturated rings. The average molecular weight is 633 g/mol. The van der Waals surface area contributed by atoms with Gasteiger partial charge in [0.25, 0.3) is 0 Å². The van der Waals surface area contributed by atoms with Gasteiger partial charge in [0, 0.05) is 40.3 Å². The van der Waals surface area contributed by atoms with Crippen molar-refractivity contribution in [2.24, 2.45) is 0 Å². The zero-order valence-corrected chi connectivity index (χ0v) is 35.6. The van der Waals surface area contributed by atoms with E-state index in [9.17, 15) is 0 Å². The molecule has 0 aromatic rings. The molecular weight excluding hydrogens is 561 g/mol. The van der Waals surface area contributed by atoms with E-state index >= 15 is 0 Å². The lowest BCUT2D eigenvalue weighted by atomic mass is 10.2. The molecule has 40 heavy (non-hydrogen) atoms. The Balaban J connectivity index is 4.82. The fourth-order valence-electron chi connectivity index (χ4n) is 7.84. The molecule has 0 saturated carbocycles. The molecule has 240 valence electrons. The molecule has 0 N–H and O–H groups in total. The summed E-state index contributed by atoms with van der Waals surface area (Å²) >= 11 is 0. The fraction of sp³-hybridized carbons (Fsp3) is 1.00. The van der Waals surface area contributed by atoms with Crippen LogP contribution in [0.3, 0.4) is 0 Å². The lowest BCUT2D eigenvalue weighted by Crippen LogP contribution is -2.82. The van der Waals surface area contributed by atoms with Gasteiger partial charge in [-0.2, -0.15) is 0 Å². The topological polar surface area (TPSA) is 36.9 Å². The lowest BCUT2D eigenvalue weighted by Gasteiger charge is -2.70. The van der Waals surface area contributed by atoms with Crippen LogP contribution in [0.4, 0.5) is 0 Å². The molecule has 0 aliphatic carbocycles. The van der Waals surface area contributed by atoms with E-state index in [-0.39, 0.29) is 40.3 Å². The highest BCUT2D eigenvalue weighted by atomic mass is 28.5. The molecule has 0 aromatic heterocycles. The quantitative estimate of drug-likeness (QED) is 0.249. The Hall–Kier alpha value is 0.708. The summed E-state index contributed by atoms with van der Waals surface area (Å²) in [5.41, 5.74) is 0. The molecule has 1 aliphatic rings. The van der Waals surface area contributed by atoms with Crippen molar-refractivity contribution < 1.29 is 16.5 Å². The largest absolute Gasteiger partial charge is 0.414 e. The van der Waals surface area contributed by atoms with Crippen LogP contribution in [-0.2, 0) is 16.5 Å². The van der Waals surface area contributed by atoms with Crippen molar-refractivity contribution in [3.63, 3.8) is 0 Å². The van der Waals surface area contributed by atoms with Crippen LogP contribution in [0.15, 0.2) is 0 Å². The van der Waals surface area contributed by atoms with E-state index < -0.39 is 34.2 Å². The molecular formula is C32H72O4Si4. The lowest BCUT2D eigenvalue weighted by molar-refractivity contribution is 0.117.